The number of carbonyl (C=O) groups is 2. The highest BCUT2D eigenvalue weighted by Crippen LogP contribution is 2.36. The van der Waals surface area contributed by atoms with Gasteiger partial charge >= 0.3 is 6.03 Å². The summed E-state index contributed by atoms with van der Waals surface area (Å²) in [6.45, 7) is 0. The minimum absolute atomic E-state index is 0.213. The Morgan fingerprint density at radius 3 is 2.94 bits per heavy atom. The number of hydrazine groups is 1. The third kappa shape index (κ3) is 1.70. The Labute approximate surface area is 95.9 Å². The van der Waals surface area contributed by atoms with Gasteiger partial charge in [-0.2, -0.15) is 0 Å². The van der Waals surface area contributed by atoms with Gasteiger partial charge < -0.3 is 5.73 Å². The molecule has 84 valence electrons. The second-order valence-electron chi connectivity index (χ2n) is 3.19. The quantitative estimate of drug-likeness (QED) is 0.261. The number of hydrogen-bond acceptors (Lipinski definition) is 5. The van der Waals surface area contributed by atoms with Gasteiger partial charge in [0.25, 0.3) is 0 Å². The third-order valence-corrected chi connectivity index (χ3v) is 3.20. The molecule has 1 aromatic carbocycles. The molecule has 0 bridgehead atoms. The van der Waals surface area contributed by atoms with Crippen LogP contribution in [0.25, 0.3) is 0 Å². The van der Waals surface area contributed by atoms with Crippen molar-refractivity contribution in [3.8, 4) is 0 Å². The summed E-state index contributed by atoms with van der Waals surface area (Å²) in [5, 5.41) is 0. The van der Waals surface area contributed by atoms with E-state index in [0.29, 0.717) is 11.4 Å². The van der Waals surface area contributed by atoms with Crippen molar-refractivity contribution in [1.82, 2.24) is 5.43 Å². The molecular weight excluding hydrogens is 228 g/mol. The van der Waals surface area contributed by atoms with E-state index in [4.69, 9.17) is 11.6 Å². The summed E-state index contributed by atoms with van der Waals surface area (Å²) in [5.41, 5.74) is 8.53. The maximum Gasteiger partial charge on any atom is 0.342 e. The number of nitrogens with zero attached hydrogens (tertiary/aromatic N) is 1. The lowest BCUT2D eigenvalue weighted by Gasteiger charge is -2.26. The SMILES string of the molecule is NNC(=O)N1C(=O)CSc2ccc(N)cc21. The zero-order chi connectivity index (χ0) is 11.7. The van der Waals surface area contributed by atoms with Crippen LogP contribution in [-0.2, 0) is 4.79 Å². The number of amides is 3. The molecule has 0 aliphatic carbocycles. The number of fused-ring (bicyclic) bond motifs is 1. The smallest absolute Gasteiger partial charge is 0.342 e. The van der Waals surface area contributed by atoms with Crippen molar-refractivity contribution in [2.24, 2.45) is 5.84 Å². The molecule has 5 N–H and O–H groups in total. The Morgan fingerprint density at radius 1 is 1.50 bits per heavy atom. The molecule has 0 fully saturated rings. The van der Waals surface area contributed by atoms with Crippen molar-refractivity contribution >= 4 is 35.1 Å². The van der Waals surface area contributed by atoms with Crippen LogP contribution in [0, 0.1) is 0 Å². The number of anilines is 2. The van der Waals surface area contributed by atoms with Crippen molar-refractivity contribution in [3.05, 3.63) is 18.2 Å². The summed E-state index contributed by atoms with van der Waals surface area (Å²) in [5.74, 6) is 4.93. The number of thioether (sulfide) groups is 1. The maximum absolute atomic E-state index is 11.6. The van der Waals surface area contributed by atoms with Gasteiger partial charge in [-0.3, -0.25) is 10.2 Å². The van der Waals surface area contributed by atoms with Crippen molar-refractivity contribution < 1.29 is 9.59 Å². The van der Waals surface area contributed by atoms with E-state index in [1.807, 2.05) is 5.43 Å². The van der Waals surface area contributed by atoms with Gasteiger partial charge in [-0.1, -0.05) is 0 Å². The normalized spacial score (nSPS) is 14.6. The van der Waals surface area contributed by atoms with E-state index >= 15 is 0 Å². The summed E-state index contributed by atoms with van der Waals surface area (Å²) >= 11 is 1.37. The molecule has 1 heterocycles. The van der Waals surface area contributed by atoms with E-state index < -0.39 is 6.03 Å². The first-order valence-electron chi connectivity index (χ1n) is 4.49. The molecule has 1 aliphatic heterocycles. The van der Waals surface area contributed by atoms with Gasteiger partial charge in [0.2, 0.25) is 5.91 Å². The van der Waals surface area contributed by atoms with Gasteiger partial charge in [0.1, 0.15) is 0 Å². The van der Waals surface area contributed by atoms with Crippen LogP contribution in [-0.4, -0.2) is 17.7 Å². The van der Waals surface area contributed by atoms with Gasteiger partial charge in [0.05, 0.1) is 11.4 Å². The summed E-state index contributed by atoms with van der Waals surface area (Å²) < 4.78 is 0. The average molecular weight is 238 g/mol. The third-order valence-electron chi connectivity index (χ3n) is 2.15. The van der Waals surface area contributed by atoms with Gasteiger partial charge in [-0.15, -0.1) is 11.8 Å². The second kappa shape index (κ2) is 4.03. The second-order valence-corrected chi connectivity index (χ2v) is 4.21. The van der Waals surface area contributed by atoms with E-state index in [-0.39, 0.29) is 11.7 Å². The first-order chi connectivity index (χ1) is 7.63. The summed E-state index contributed by atoms with van der Waals surface area (Å²) in [7, 11) is 0. The molecule has 0 unspecified atom stereocenters. The van der Waals surface area contributed by atoms with Crippen LogP contribution in [0.3, 0.4) is 0 Å². The number of nitrogens with one attached hydrogen (secondary N) is 1. The Bertz CT molecular complexity index is 463. The van der Waals surface area contributed by atoms with Crippen LogP contribution in [0.2, 0.25) is 0 Å². The van der Waals surface area contributed by atoms with E-state index in [0.717, 1.165) is 9.80 Å². The molecule has 7 heteroatoms. The first kappa shape index (κ1) is 10.8. The van der Waals surface area contributed by atoms with Crippen LogP contribution in [0.1, 0.15) is 0 Å². The number of carbonyl (C=O) groups excluding carboxylic acids is 2. The summed E-state index contributed by atoms with van der Waals surface area (Å²) in [6.07, 6.45) is 0. The maximum atomic E-state index is 11.6. The lowest BCUT2D eigenvalue weighted by Crippen LogP contribution is -2.48. The van der Waals surface area contributed by atoms with Crippen molar-refractivity contribution in [2.45, 2.75) is 4.90 Å². The molecule has 16 heavy (non-hydrogen) atoms. The number of hydrogen-bond donors (Lipinski definition) is 3. The zero-order valence-corrected chi connectivity index (χ0v) is 9.08. The summed E-state index contributed by atoms with van der Waals surface area (Å²) in [6, 6.07) is 4.42. The van der Waals surface area contributed by atoms with Crippen LogP contribution >= 0.6 is 11.8 Å². The number of nitrogens with two attached hydrogens (primary N) is 2. The van der Waals surface area contributed by atoms with Gasteiger partial charge in [-0.05, 0) is 18.2 Å². The van der Waals surface area contributed by atoms with E-state index in [9.17, 15) is 9.59 Å². The first-order valence-corrected chi connectivity index (χ1v) is 5.48. The highest BCUT2D eigenvalue weighted by atomic mass is 32.2. The monoisotopic (exact) mass is 238 g/mol. The fourth-order valence-electron chi connectivity index (χ4n) is 1.46. The van der Waals surface area contributed by atoms with E-state index in [1.165, 1.54) is 11.8 Å². The van der Waals surface area contributed by atoms with Gasteiger partial charge in [0, 0.05) is 10.6 Å². The highest BCUT2D eigenvalue weighted by molar-refractivity contribution is 8.00. The molecule has 3 amide bonds. The number of rotatable bonds is 0. The fourth-order valence-corrected chi connectivity index (χ4v) is 2.33. The predicted octanol–water partition coefficient (Wildman–Crippen LogP) is 0.291. The Morgan fingerprint density at radius 2 is 2.25 bits per heavy atom. The molecular formula is C9H10N4O2S. The van der Waals surface area contributed by atoms with Crippen LogP contribution in [0.15, 0.2) is 23.1 Å². The number of urea groups is 1. The molecule has 0 atom stereocenters. The standard InChI is InChI=1S/C9H10N4O2S/c10-5-1-2-7-6(3-5)13(9(15)12-11)8(14)4-16-7/h1-3H,4,10-11H2,(H,12,15). The number of imide groups is 1. The molecule has 0 aromatic heterocycles. The molecule has 0 spiro atoms. The lowest BCUT2D eigenvalue weighted by molar-refractivity contribution is -0.115. The van der Waals surface area contributed by atoms with Crippen LogP contribution in [0.4, 0.5) is 16.2 Å². The predicted molar refractivity (Wildman–Crippen MR) is 61.8 cm³/mol. The summed E-state index contributed by atoms with van der Waals surface area (Å²) in [4.78, 5) is 24.9. The fraction of sp³-hybridized carbons (Fsp3) is 0.111. The Kier molecular flexibility index (Phi) is 2.71. The average Bonchev–Trinajstić information content (AvgIpc) is 2.28. The molecule has 0 saturated carbocycles. The number of benzene rings is 1. The topological polar surface area (TPSA) is 101 Å². The van der Waals surface area contributed by atoms with Crippen LogP contribution in [0.5, 0.6) is 0 Å². The molecule has 0 saturated heterocycles. The minimum Gasteiger partial charge on any atom is -0.399 e. The largest absolute Gasteiger partial charge is 0.399 e. The number of nitrogen functional groups attached to an aromatic ring is 1. The van der Waals surface area contributed by atoms with E-state index in [1.54, 1.807) is 18.2 Å². The van der Waals surface area contributed by atoms with Crippen molar-refractivity contribution in [2.75, 3.05) is 16.4 Å². The minimum atomic E-state index is -0.655. The Balaban J connectivity index is 2.50. The van der Waals surface area contributed by atoms with Gasteiger partial charge in [0.15, 0.2) is 0 Å². The van der Waals surface area contributed by atoms with Gasteiger partial charge in [-0.25, -0.2) is 15.5 Å². The molecule has 2 rings (SSSR count). The highest BCUT2D eigenvalue weighted by Gasteiger charge is 2.29. The van der Waals surface area contributed by atoms with Crippen molar-refractivity contribution in [1.29, 1.82) is 0 Å². The Hall–Kier alpha value is -1.73. The molecule has 1 aromatic rings. The molecule has 6 nitrogen and oxygen atoms in total. The van der Waals surface area contributed by atoms with Crippen molar-refractivity contribution in [3.63, 3.8) is 0 Å². The lowest BCUT2D eigenvalue weighted by atomic mass is 10.2. The van der Waals surface area contributed by atoms with Crippen LogP contribution < -0.4 is 21.9 Å². The zero-order valence-electron chi connectivity index (χ0n) is 8.27. The molecule has 1 aliphatic rings. The van der Waals surface area contributed by atoms with E-state index in [2.05, 4.69) is 0 Å². The molecule has 0 radical (unpaired) electrons.